The second kappa shape index (κ2) is 8.34. The molecule has 0 radical (unpaired) electrons. The Morgan fingerprint density at radius 1 is 1.42 bits per heavy atom. The summed E-state index contributed by atoms with van der Waals surface area (Å²) in [5.74, 6) is 1.04. The third-order valence-corrected chi connectivity index (χ3v) is 1.35. The summed E-state index contributed by atoms with van der Waals surface area (Å²) in [6.07, 6.45) is 3.70. The fourth-order valence-corrected chi connectivity index (χ4v) is 0.846. The molecule has 0 aliphatic heterocycles. The molecule has 12 heavy (non-hydrogen) atoms. The Hall–Kier alpha value is -0.760. The molecular weight excluding hydrogens is 152 g/mol. The second-order valence-electron chi connectivity index (χ2n) is 2.18. The lowest BCUT2D eigenvalue weighted by Gasteiger charge is -1.94. The van der Waals surface area contributed by atoms with Crippen molar-refractivity contribution in [3.63, 3.8) is 0 Å². The number of aryl methyl sites for hydroxylation is 1. The predicted octanol–water partition coefficient (Wildman–Crippen LogP) is 2.88. The van der Waals surface area contributed by atoms with Gasteiger partial charge in [-0.25, -0.2) is 0 Å². The van der Waals surface area contributed by atoms with E-state index in [0.29, 0.717) is 0 Å². The summed E-state index contributed by atoms with van der Waals surface area (Å²) in [4.78, 5) is 0. The van der Waals surface area contributed by atoms with Crippen molar-refractivity contribution < 1.29 is 9.15 Å². The highest BCUT2D eigenvalue weighted by Crippen LogP contribution is 2.02. The average Bonchev–Trinajstić information content (AvgIpc) is 2.61. The van der Waals surface area contributed by atoms with Gasteiger partial charge in [0.05, 0.1) is 6.26 Å². The van der Waals surface area contributed by atoms with Crippen LogP contribution in [0.4, 0.5) is 0 Å². The summed E-state index contributed by atoms with van der Waals surface area (Å²) in [5, 5.41) is 0. The van der Waals surface area contributed by atoms with Crippen LogP contribution < -0.4 is 0 Å². The Labute approximate surface area is 74.5 Å². The molecular formula is C10H18O2. The first-order valence-electron chi connectivity index (χ1n) is 4.45. The first-order chi connectivity index (χ1) is 5.93. The van der Waals surface area contributed by atoms with E-state index in [1.807, 2.05) is 26.0 Å². The molecule has 0 aromatic carbocycles. The maximum atomic E-state index is 5.12. The first-order valence-corrected chi connectivity index (χ1v) is 4.45. The molecule has 0 unspecified atom stereocenters. The van der Waals surface area contributed by atoms with Crippen LogP contribution in [0.3, 0.4) is 0 Å². The molecule has 1 heterocycles. The van der Waals surface area contributed by atoms with E-state index in [0.717, 1.165) is 25.2 Å². The number of hydrogen-bond acceptors (Lipinski definition) is 2. The number of hydrogen-bond donors (Lipinski definition) is 0. The van der Waals surface area contributed by atoms with Gasteiger partial charge in [0.25, 0.3) is 0 Å². The molecule has 0 saturated carbocycles. The summed E-state index contributed by atoms with van der Waals surface area (Å²) in [5.41, 5.74) is 0. The van der Waals surface area contributed by atoms with E-state index in [4.69, 9.17) is 9.15 Å². The van der Waals surface area contributed by atoms with Gasteiger partial charge in [-0.15, -0.1) is 0 Å². The highest BCUT2D eigenvalue weighted by molar-refractivity contribution is 4.97. The molecule has 0 N–H and O–H groups in total. The number of furan rings is 1. The molecule has 1 rings (SSSR count). The van der Waals surface area contributed by atoms with E-state index in [2.05, 4.69) is 0 Å². The molecule has 0 bridgehead atoms. The van der Waals surface area contributed by atoms with Gasteiger partial charge in [-0.3, -0.25) is 0 Å². The molecule has 0 aliphatic rings. The lowest BCUT2D eigenvalue weighted by Crippen LogP contribution is -1.90. The monoisotopic (exact) mass is 170 g/mol. The quantitative estimate of drug-likeness (QED) is 0.648. The normalized spacial score (nSPS) is 8.92. The van der Waals surface area contributed by atoms with Gasteiger partial charge in [-0.05, 0) is 18.6 Å². The van der Waals surface area contributed by atoms with Crippen molar-refractivity contribution in [3.8, 4) is 0 Å². The van der Waals surface area contributed by atoms with Crippen molar-refractivity contribution in [1.29, 1.82) is 0 Å². The van der Waals surface area contributed by atoms with Gasteiger partial charge < -0.3 is 9.15 Å². The smallest absolute Gasteiger partial charge is 0.103 e. The summed E-state index contributed by atoms with van der Waals surface area (Å²) in [6, 6.07) is 3.89. The number of rotatable bonds is 4. The maximum absolute atomic E-state index is 5.12. The van der Waals surface area contributed by atoms with Crippen LogP contribution in [0.15, 0.2) is 22.8 Å². The molecule has 0 atom stereocenters. The Morgan fingerprint density at radius 3 is 2.67 bits per heavy atom. The van der Waals surface area contributed by atoms with Crippen LogP contribution in [0, 0.1) is 0 Å². The maximum Gasteiger partial charge on any atom is 0.103 e. The Bertz CT molecular complexity index is 156. The highest BCUT2D eigenvalue weighted by atomic mass is 16.5. The van der Waals surface area contributed by atoms with E-state index in [-0.39, 0.29) is 0 Å². The standard InChI is InChI=1S/C8H12O2.C2H6/c1-9-6-2-4-8-5-3-7-10-8;1-2/h3,5,7H,2,4,6H2,1H3;1-2H3. The molecule has 0 spiro atoms. The van der Waals surface area contributed by atoms with Crippen molar-refractivity contribution in [2.75, 3.05) is 13.7 Å². The molecule has 2 heteroatoms. The van der Waals surface area contributed by atoms with E-state index < -0.39 is 0 Å². The average molecular weight is 170 g/mol. The predicted molar refractivity (Wildman–Crippen MR) is 50.3 cm³/mol. The third kappa shape index (κ3) is 4.97. The third-order valence-electron chi connectivity index (χ3n) is 1.35. The molecule has 0 aliphatic carbocycles. The first kappa shape index (κ1) is 11.2. The van der Waals surface area contributed by atoms with Crippen LogP contribution in [-0.4, -0.2) is 13.7 Å². The van der Waals surface area contributed by atoms with E-state index in [1.165, 1.54) is 0 Å². The topological polar surface area (TPSA) is 22.4 Å². The highest BCUT2D eigenvalue weighted by Gasteiger charge is 1.93. The van der Waals surface area contributed by atoms with Crippen LogP contribution in [0.25, 0.3) is 0 Å². The second-order valence-corrected chi connectivity index (χ2v) is 2.18. The van der Waals surface area contributed by atoms with Crippen molar-refractivity contribution in [3.05, 3.63) is 24.2 Å². The Balaban J connectivity index is 0.000000561. The summed E-state index contributed by atoms with van der Waals surface area (Å²) in [6.45, 7) is 4.81. The van der Waals surface area contributed by atoms with Gasteiger partial charge >= 0.3 is 0 Å². The molecule has 0 fully saturated rings. The Morgan fingerprint density at radius 2 is 2.17 bits per heavy atom. The van der Waals surface area contributed by atoms with Gasteiger partial charge in [0.15, 0.2) is 0 Å². The van der Waals surface area contributed by atoms with Crippen molar-refractivity contribution in [1.82, 2.24) is 0 Å². The summed E-state index contributed by atoms with van der Waals surface area (Å²) in [7, 11) is 1.71. The van der Waals surface area contributed by atoms with Crippen LogP contribution in [0.1, 0.15) is 26.0 Å². The van der Waals surface area contributed by atoms with Gasteiger partial charge in [-0.1, -0.05) is 13.8 Å². The van der Waals surface area contributed by atoms with E-state index in [9.17, 15) is 0 Å². The summed E-state index contributed by atoms with van der Waals surface area (Å²) >= 11 is 0. The van der Waals surface area contributed by atoms with Crippen LogP contribution in [0.5, 0.6) is 0 Å². The fourth-order valence-electron chi connectivity index (χ4n) is 0.846. The molecule has 0 saturated heterocycles. The van der Waals surface area contributed by atoms with Crippen LogP contribution >= 0.6 is 0 Å². The molecule has 0 amide bonds. The Kier molecular flexibility index (Phi) is 7.81. The minimum atomic E-state index is 0.806. The van der Waals surface area contributed by atoms with E-state index >= 15 is 0 Å². The van der Waals surface area contributed by atoms with Crippen molar-refractivity contribution in [2.45, 2.75) is 26.7 Å². The van der Waals surface area contributed by atoms with Gasteiger partial charge in [0.2, 0.25) is 0 Å². The van der Waals surface area contributed by atoms with Crippen LogP contribution in [-0.2, 0) is 11.2 Å². The van der Waals surface area contributed by atoms with Crippen molar-refractivity contribution in [2.24, 2.45) is 0 Å². The molecule has 2 nitrogen and oxygen atoms in total. The number of methoxy groups -OCH3 is 1. The van der Waals surface area contributed by atoms with E-state index in [1.54, 1.807) is 13.4 Å². The lowest BCUT2D eigenvalue weighted by molar-refractivity contribution is 0.193. The van der Waals surface area contributed by atoms with Gasteiger partial charge in [0.1, 0.15) is 5.76 Å². The SMILES string of the molecule is CC.COCCCc1ccco1. The minimum Gasteiger partial charge on any atom is -0.469 e. The van der Waals surface area contributed by atoms with Crippen LogP contribution in [0.2, 0.25) is 0 Å². The summed E-state index contributed by atoms with van der Waals surface area (Å²) < 4.78 is 10.0. The largest absolute Gasteiger partial charge is 0.469 e. The number of ether oxygens (including phenoxy) is 1. The fraction of sp³-hybridized carbons (Fsp3) is 0.600. The van der Waals surface area contributed by atoms with Gasteiger partial charge in [-0.2, -0.15) is 0 Å². The molecule has 70 valence electrons. The zero-order chi connectivity index (χ0) is 9.23. The zero-order valence-electron chi connectivity index (χ0n) is 8.17. The zero-order valence-corrected chi connectivity index (χ0v) is 8.17. The lowest BCUT2D eigenvalue weighted by atomic mass is 10.3. The minimum absolute atomic E-state index is 0.806. The molecule has 1 aromatic rings. The van der Waals surface area contributed by atoms with Gasteiger partial charge in [0, 0.05) is 20.1 Å². The molecule has 1 aromatic heterocycles. The van der Waals surface area contributed by atoms with Crippen molar-refractivity contribution >= 4 is 0 Å².